The van der Waals surface area contributed by atoms with Gasteiger partial charge < -0.3 is 13.3 Å². The van der Waals surface area contributed by atoms with Crippen LogP contribution in [-0.4, -0.2) is 34.0 Å². The highest BCUT2D eigenvalue weighted by atomic mass is 35.5. The SMILES string of the molecule is C=CC(C)O[Si](CCCCl)(OCC)OCC. The predicted molar refractivity (Wildman–Crippen MR) is 69.9 cm³/mol. The van der Waals surface area contributed by atoms with E-state index >= 15 is 0 Å². The van der Waals surface area contributed by atoms with Crippen molar-refractivity contribution >= 4 is 20.4 Å². The highest BCUT2D eigenvalue weighted by Crippen LogP contribution is 2.20. The van der Waals surface area contributed by atoms with Crippen LogP contribution in [0.1, 0.15) is 27.2 Å². The van der Waals surface area contributed by atoms with Gasteiger partial charge in [-0.2, -0.15) is 0 Å². The highest BCUT2D eigenvalue weighted by Gasteiger charge is 2.41. The molecule has 1 unspecified atom stereocenters. The molecular formula is C11H23ClO3Si. The van der Waals surface area contributed by atoms with E-state index in [1.807, 2.05) is 20.8 Å². The molecule has 0 aromatic heterocycles. The van der Waals surface area contributed by atoms with E-state index in [9.17, 15) is 0 Å². The fourth-order valence-corrected chi connectivity index (χ4v) is 4.50. The van der Waals surface area contributed by atoms with Crippen LogP contribution in [0.25, 0.3) is 0 Å². The zero-order chi connectivity index (χ0) is 12.4. The molecule has 0 aromatic carbocycles. The second-order valence-electron chi connectivity index (χ2n) is 3.40. The van der Waals surface area contributed by atoms with Crippen LogP contribution in [0.2, 0.25) is 6.04 Å². The number of alkyl halides is 1. The van der Waals surface area contributed by atoms with Crippen molar-refractivity contribution in [3.63, 3.8) is 0 Å². The first-order valence-electron chi connectivity index (χ1n) is 5.78. The normalized spacial score (nSPS) is 13.8. The summed E-state index contributed by atoms with van der Waals surface area (Å²) < 4.78 is 17.4. The number of hydrogen-bond acceptors (Lipinski definition) is 3. The second-order valence-corrected chi connectivity index (χ2v) is 6.46. The van der Waals surface area contributed by atoms with E-state index in [0.717, 1.165) is 12.5 Å². The van der Waals surface area contributed by atoms with Crippen molar-refractivity contribution in [3.8, 4) is 0 Å². The van der Waals surface area contributed by atoms with Gasteiger partial charge in [0.25, 0.3) is 0 Å². The molecule has 0 N–H and O–H groups in total. The third-order valence-corrected chi connectivity index (χ3v) is 5.46. The predicted octanol–water partition coefficient (Wildman–Crippen LogP) is 3.22. The van der Waals surface area contributed by atoms with Crippen molar-refractivity contribution in [1.29, 1.82) is 0 Å². The van der Waals surface area contributed by atoms with E-state index in [2.05, 4.69) is 6.58 Å². The smallest absolute Gasteiger partial charge is 0.374 e. The van der Waals surface area contributed by atoms with Crippen LogP contribution in [0.15, 0.2) is 12.7 Å². The quantitative estimate of drug-likeness (QED) is 0.345. The van der Waals surface area contributed by atoms with E-state index in [1.54, 1.807) is 6.08 Å². The summed E-state index contributed by atoms with van der Waals surface area (Å²) >= 11 is 5.71. The van der Waals surface area contributed by atoms with Crippen molar-refractivity contribution < 1.29 is 13.3 Å². The van der Waals surface area contributed by atoms with Gasteiger partial charge >= 0.3 is 8.80 Å². The molecule has 96 valence electrons. The number of hydrogen-bond donors (Lipinski definition) is 0. The van der Waals surface area contributed by atoms with Crippen LogP contribution >= 0.6 is 11.6 Å². The van der Waals surface area contributed by atoms with E-state index in [-0.39, 0.29) is 6.10 Å². The van der Waals surface area contributed by atoms with Gasteiger partial charge in [0, 0.05) is 25.1 Å². The Hall–Kier alpha value is 0.127. The molecule has 0 aliphatic heterocycles. The van der Waals surface area contributed by atoms with Crippen LogP contribution in [0.4, 0.5) is 0 Å². The first kappa shape index (κ1) is 16.1. The summed E-state index contributed by atoms with van der Waals surface area (Å²) in [5.74, 6) is 0.598. The molecule has 0 saturated carbocycles. The Labute approximate surface area is 105 Å². The lowest BCUT2D eigenvalue weighted by Gasteiger charge is -2.30. The summed E-state index contributed by atoms with van der Waals surface area (Å²) in [6, 6.07) is 0.760. The Bertz CT molecular complexity index is 184. The van der Waals surface area contributed by atoms with Crippen LogP contribution < -0.4 is 0 Å². The maximum absolute atomic E-state index is 5.89. The Morgan fingerprint density at radius 3 is 2.25 bits per heavy atom. The van der Waals surface area contributed by atoms with Crippen molar-refractivity contribution in [3.05, 3.63) is 12.7 Å². The third kappa shape index (κ3) is 6.01. The van der Waals surface area contributed by atoms with Gasteiger partial charge in [0.1, 0.15) is 0 Å². The van der Waals surface area contributed by atoms with Crippen molar-refractivity contribution in [1.82, 2.24) is 0 Å². The average molecular weight is 267 g/mol. The minimum Gasteiger partial charge on any atom is -0.374 e. The number of halogens is 1. The fourth-order valence-electron chi connectivity index (χ4n) is 1.37. The van der Waals surface area contributed by atoms with E-state index in [1.165, 1.54) is 0 Å². The Balaban J connectivity index is 4.54. The summed E-state index contributed by atoms with van der Waals surface area (Å²) in [7, 11) is -2.56. The van der Waals surface area contributed by atoms with Crippen molar-refractivity contribution in [2.75, 3.05) is 19.1 Å². The molecular weight excluding hydrogens is 244 g/mol. The molecule has 0 heterocycles. The molecule has 3 nitrogen and oxygen atoms in total. The molecule has 1 atom stereocenters. The van der Waals surface area contributed by atoms with E-state index in [0.29, 0.717) is 19.1 Å². The molecule has 5 heteroatoms. The summed E-state index contributed by atoms with van der Waals surface area (Å²) in [5, 5.41) is 0. The average Bonchev–Trinajstić information content (AvgIpc) is 2.27. The van der Waals surface area contributed by atoms with Gasteiger partial charge in [0.05, 0.1) is 6.10 Å². The zero-order valence-electron chi connectivity index (χ0n) is 10.5. The van der Waals surface area contributed by atoms with Crippen molar-refractivity contribution in [2.45, 2.75) is 39.3 Å². The highest BCUT2D eigenvalue weighted by molar-refractivity contribution is 6.60. The van der Waals surface area contributed by atoms with Crippen LogP contribution in [0, 0.1) is 0 Å². The third-order valence-electron chi connectivity index (χ3n) is 2.04. The topological polar surface area (TPSA) is 27.7 Å². The van der Waals surface area contributed by atoms with Crippen molar-refractivity contribution in [2.24, 2.45) is 0 Å². The van der Waals surface area contributed by atoms with Gasteiger partial charge in [0.15, 0.2) is 0 Å². The van der Waals surface area contributed by atoms with Crippen LogP contribution in [0.3, 0.4) is 0 Å². The molecule has 0 aromatic rings. The van der Waals surface area contributed by atoms with Crippen LogP contribution in [0.5, 0.6) is 0 Å². The molecule has 0 bridgehead atoms. The Kier molecular flexibility index (Phi) is 9.26. The molecule has 0 saturated heterocycles. The minimum absolute atomic E-state index is 0.0555. The van der Waals surface area contributed by atoms with Gasteiger partial charge in [-0.3, -0.25) is 0 Å². The van der Waals surface area contributed by atoms with Gasteiger partial charge in [-0.05, 0) is 27.2 Å². The van der Waals surface area contributed by atoms with E-state index < -0.39 is 8.80 Å². The van der Waals surface area contributed by atoms with Gasteiger partial charge in [-0.15, -0.1) is 18.2 Å². The molecule has 0 fully saturated rings. The first-order chi connectivity index (χ1) is 7.64. The lowest BCUT2D eigenvalue weighted by Crippen LogP contribution is -2.47. The fraction of sp³-hybridized carbons (Fsp3) is 0.818. The summed E-state index contributed by atoms with van der Waals surface area (Å²) in [6.45, 7) is 10.7. The summed E-state index contributed by atoms with van der Waals surface area (Å²) in [5.41, 5.74) is 0. The molecule has 0 radical (unpaired) electrons. The summed E-state index contributed by atoms with van der Waals surface area (Å²) in [6.07, 6.45) is 2.54. The molecule has 0 aliphatic carbocycles. The molecule has 0 aliphatic rings. The largest absolute Gasteiger partial charge is 0.501 e. The monoisotopic (exact) mass is 266 g/mol. The molecule has 0 rings (SSSR count). The Morgan fingerprint density at radius 1 is 1.31 bits per heavy atom. The first-order valence-corrected chi connectivity index (χ1v) is 8.25. The van der Waals surface area contributed by atoms with Gasteiger partial charge in [-0.25, -0.2) is 0 Å². The lowest BCUT2D eigenvalue weighted by molar-refractivity contribution is 0.0523. The standard InChI is InChI=1S/C11H23ClO3Si/c1-5-11(4)15-16(13-6-2,14-7-3)10-8-9-12/h5,11H,1,6-10H2,2-4H3. The van der Waals surface area contributed by atoms with Crippen LogP contribution in [-0.2, 0) is 13.3 Å². The molecule has 0 amide bonds. The maximum Gasteiger partial charge on any atom is 0.501 e. The lowest BCUT2D eigenvalue weighted by atomic mass is 10.4. The minimum atomic E-state index is -2.56. The molecule has 16 heavy (non-hydrogen) atoms. The Morgan fingerprint density at radius 2 is 1.88 bits per heavy atom. The summed E-state index contributed by atoms with van der Waals surface area (Å²) in [4.78, 5) is 0. The second kappa shape index (κ2) is 9.19. The maximum atomic E-state index is 5.89. The van der Waals surface area contributed by atoms with Gasteiger partial charge in [-0.1, -0.05) is 6.08 Å². The molecule has 0 spiro atoms. The van der Waals surface area contributed by atoms with E-state index in [4.69, 9.17) is 24.9 Å². The zero-order valence-corrected chi connectivity index (χ0v) is 12.3. The van der Waals surface area contributed by atoms with Gasteiger partial charge in [0.2, 0.25) is 0 Å². The number of rotatable bonds is 10.